The van der Waals surface area contributed by atoms with E-state index in [1.54, 1.807) is 0 Å². The van der Waals surface area contributed by atoms with E-state index in [1.165, 1.54) is 299 Å². The fourth-order valence-corrected chi connectivity index (χ4v) is 16.4. The van der Waals surface area contributed by atoms with E-state index in [1.807, 2.05) is 28.4 Å². The summed E-state index contributed by atoms with van der Waals surface area (Å²) in [6.45, 7) is 47.3. The van der Waals surface area contributed by atoms with Gasteiger partial charge < -0.3 is 86.5 Å². The van der Waals surface area contributed by atoms with Crippen molar-refractivity contribution in [3.63, 3.8) is 0 Å². The quantitative estimate of drug-likeness (QED) is 0.0365. The normalized spacial score (nSPS) is 12.5. The van der Waals surface area contributed by atoms with E-state index in [9.17, 15) is 0 Å². The van der Waals surface area contributed by atoms with Crippen molar-refractivity contribution in [3.05, 3.63) is 115 Å². The van der Waals surface area contributed by atoms with Gasteiger partial charge in [-0.25, -0.2) is 0 Å². The van der Waals surface area contributed by atoms with Crippen LogP contribution in [0.1, 0.15) is 304 Å². The molecule has 12 heteroatoms. The molecule has 0 saturated heterocycles. The molecule has 4 aromatic carbocycles. The van der Waals surface area contributed by atoms with Crippen LogP contribution in [0.4, 0.5) is 0 Å². The molecular weight excluding hydrogens is 1270 g/mol. The predicted octanol–water partition coefficient (Wildman–Crippen LogP) is 9.28. The Morgan fingerprint density at radius 2 is 0.333 bits per heavy atom. The average molecular weight is 1420 g/mol. The van der Waals surface area contributed by atoms with Crippen molar-refractivity contribution >= 4 is 0 Å². The van der Waals surface area contributed by atoms with Crippen molar-refractivity contribution in [1.82, 2.24) is 0 Å². The molecule has 0 radical (unpaired) electrons. The van der Waals surface area contributed by atoms with E-state index in [0.29, 0.717) is 0 Å². The average Bonchev–Trinajstić information content (AvgIpc) is 0.776. The fraction of sp³-hybridized carbons (Fsp3) is 0.714. The van der Waals surface area contributed by atoms with Crippen LogP contribution in [0.25, 0.3) is 0 Å². The van der Waals surface area contributed by atoms with Crippen LogP contribution in [-0.2, 0) is 51.9 Å². The zero-order valence-electron chi connectivity index (χ0n) is 64.7. The summed E-state index contributed by atoms with van der Waals surface area (Å²) in [5.41, 5.74) is 15.9. The molecule has 5 rings (SSSR count). The number of benzene rings is 4. The van der Waals surface area contributed by atoms with Gasteiger partial charge in [0.2, 0.25) is 0 Å². The third-order valence-corrected chi connectivity index (χ3v) is 21.5. The van der Waals surface area contributed by atoms with Gasteiger partial charge in [-0.15, -0.1) is 0 Å². The minimum atomic E-state index is 0. The van der Waals surface area contributed by atoms with Crippen molar-refractivity contribution in [2.45, 2.75) is 289 Å². The molecule has 1 aliphatic carbocycles. The molecule has 0 fully saturated rings. The highest BCUT2D eigenvalue weighted by Crippen LogP contribution is 2.43. The summed E-state index contributed by atoms with van der Waals surface area (Å²) in [7, 11) is 7.78. The van der Waals surface area contributed by atoms with Gasteiger partial charge in [-0.1, -0.05) is 160 Å². The number of nitrogens with zero attached hydrogens (tertiary/aromatic N) is 4. The maximum absolute atomic E-state index is 6.96. The number of hydrogen-bond donors (Lipinski definition) is 0. The standard InChI is InChI=1S/C84H144N4O4.4ClH/c1-17-29-41-85(42-30-18-2,43-31-19-3)65-69-53-73-61-75-55-70(66-86(44-32-20-4,45-33-21-5)46-34-22-6)57-77(82(75)90-14)63-79-59-72(68-88(50-38-26-10,51-39-27-11)52-40-28-12)60-80(84(79)92-16)64-78-58-71(56-76(83(78)91-15)62-74(54-69)81(73)89-13)67-87(47-35-23-7,48-36-24-8)49-37-25-9;;;;/h53-60H,17-52,61-68H2,1-16H3;4*1H/q+4;;;;/p-4. The summed E-state index contributed by atoms with van der Waals surface area (Å²) >= 11 is 0. The summed E-state index contributed by atoms with van der Waals surface area (Å²) in [6.07, 6.45) is 32.4. The van der Waals surface area contributed by atoms with E-state index in [2.05, 4.69) is 132 Å². The monoisotopic (exact) mass is 1410 g/mol. The third-order valence-electron chi connectivity index (χ3n) is 21.5. The predicted molar refractivity (Wildman–Crippen MR) is 396 cm³/mol. The van der Waals surface area contributed by atoms with Crippen LogP contribution in [-0.4, -0.2) is 125 Å². The van der Waals surface area contributed by atoms with Crippen molar-refractivity contribution in [3.8, 4) is 23.0 Å². The lowest BCUT2D eigenvalue weighted by molar-refractivity contribution is -0.941. The number of quaternary nitrogens is 4. The fourth-order valence-electron chi connectivity index (χ4n) is 16.4. The summed E-state index contributed by atoms with van der Waals surface area (Å²) in [5.74, 6) is 4.07. The molecule has 0 aliphatic heterocycles. The summed E-state index contributed by atoms with van der Waals surface area (Å²) in [4.78, 5) is 0. The topological polar surface area (TPSA) is 36.9 Å². The number of hydrogen-bond acceptors (Lipinski definition) is 4. The molecule has 96 heavy (non-hydrogen) atoms. The smallest absolute Gasteiger partial charge is 0.125 e. The Morgan fingerprint density at radius 3 is 0.427 bits per heavy atom. The zero-order chi connectivity index (χ0) is 66.8. The second-order valence-electron chi connectivity index (χ2n) is 29.4. The van der Waals surface area contributed by atoms with Crippen molar-refractivity contribution < 1.29 is 86.5 Å². The number of halogens is 4. The highest BCUT2D eigenvalue weighted by Gasteiger charge is 2.34. The molecule has 0 spiro atoms. The Bertz CT molecular complexity index is 2190. The lowest BCUT2D eigenvalue weighted by Crippen LogP contribution is -3.00. The van der Waals surface area contributed by atoms with E-state index in [4.69, 9.17) is 18.9 Å². The molecule has 0 N–H and O–H groups in total. The second-order valence-corrected chi connectivity index (χ2v) is 29.4. The highest BCUT2D eigenvalue weighted by atomic mass is 35.5. The number of methoxy groups -OCH3 is 4. The maximum atomic E-state index is 6.96. The van der Waals surface area contributed by atoms with E-state index in [-0.39, 0.29) is 49.6 Å². The number of ether oxygens (including phenoxy) is 4. The number of unbranched alkanes of at least 4 members (excludes halogenated alkanes) is 12. The van der Waals surface area contributed by atoms with Gasteiger partial charge in [0, 0.05) is 47.9 Å². The summed E-state index contributed by atoms with van der Waals surface area (Å²) in [5, 5.41) is 0. The maximum Gasteiger partial charge on any atom is 0.125 e. The van der Waals surface area contributed by atoms with Crippen LogP contribution >= 0.6 is 0 Å². The van der Waals surface area contributed by atoms with Crippen molar-refractivity contribution in [1.29, 1.82) is 0 Å². The minimum Gasteiger partial charge on any atom is -1.00 e. The SMILES string of the molecule is CCCC[N+](CCCC)(CCCC)Cc1cc2c(OC)c(c1)Cc1cc(C[N+](CCCC)(CCCC)CCCC)cc(c1OC)Cc1cc(C[N+](CCCC)(CCCC)CCCC)cc(c1OC)Cc1cc(C[N+](CCCC)(CCCC)CCCC)cc(c1OC)C2.[Cl-].[Cl-].[Cl-].[Cl-]. The first-order valence-electron chi connectivity index (χ1n) is 38.9. The van der Waals surface area contributed by atoms with Gasteiger partial charge in [-0.2, -0.15) is 0 Å². The number of fused-ring (bicyclic) bond motifs is 8. The van der Waals surface area contributed by atoms with Gasteiger partial charge in [0.25, 0.3) is 0 Å². The molecule has 0 unspecified atom stereocenters. The lowest BCUT2D eigenvalue weighted by atomic mass is 9.87. The van der Waals surface area contributed by atoms with E-state index < -0.39 is 0 Å². The molecule has 0 aromatic heterocycles. The van der Waals surface area contributed by atoms with Gasteiger partial charge >= 0.3 is 0 Å². The Hall–Kier alpha value is -2.92. The molecule has 0 saturated carbocycles. The molecule has 0 amide bonds. The minimum absolute atomic E-state index is 0. The second kappa shape index (κ2) is 48.8. The lowest BCUT2D eigenvalue weighted by Gasteiger charge is -2.40. The van der Waals surface area contributed by atoms with Crippen LogP contribution in [0.5, 0.6) is 23.0 Å². The Kier molecular flexibility index (Phi) is 46.3. The Morgan fingerprint density at radius 1 is 0.219 bits per heavy atom. The number of rotatable bonds is 48. The van der Waals surface area contributed by atoms with Gasteiger partial charge in [0.1, 0.15) is 49.2 Å². The van der Waals surface area contributed by atoms with Crippen LogP contribution < -0.4 is 68.6 Å². The van der Waals surface area contributed by atoms with Gasteiger partial charge in [-0.05, 0) is 170 Å². The van der Waals surface area contributed by atoms with Crippen molar-refractivity contribution in [2.75, 3.05) is 107 Å². The molecule has 4 aromatic rings. The van der Waals surface area contributed by atoms with Crippen LogP contribution in [0, 0.1) is 0 Å². The molecule has 1 aliphatic rings. The van der Waals surface area contributed by atoms with Crippen LogP contribution in [0.3, 0.4) is 0 Å². The van der Waals surface area contributed by atoms with Gasteiger partial charge in [0.05, 0.1) is 107 Å². The molecule has 0 heterocycles. The molecule has 8 nitrogen and oxygen atoms in total. The molecule has 8 bridgehead atoms. The Balaban J connectivity index is 0.0000115. The first-order chi connectivity index (χ1) is 44.7. The third kappa shape index (κ3) is 27.1. The molecule has 0 atom stereocenters. The zero-order valence-corrected chi connectivity index (χ0v) is 67.7. The molecule has 552 valence electrons. The van der Waals surface area contributed by atoms with E-state index in [0.717, 1.165) is 92.8 Å². The summed E-state index contributed by atoms with van der Waals surface area (Å²) < 4.78 is 32.4. The highest BCUT2D eigenvalue weighted by molar-refractivity contribution is 5.58. The summed E-state index contributed by atoms with van der Waals surface area (Å²) in [6, 6.07) is 20.8. The van der Waals surface area contributed by atoms with Gasteiger partial charge in [-0.3, -0.25) is 0 Å². The molecular formula is C84H144Cl4N4O4. The van der Waals surface area contributed by atoms with Crippen LogP contribution in [0.15, 0.2) is 48.5 Å². The van der Waals surface area contributed by atoms with E-state index >= 15 is 0 Å². The Labute approximate surface area is 616 Å². The first-order valence-corrected chi connectivity index (χ1v) is 38.9. The van der Waals surface area contributed by atoms with Crippen molar-refractivity contribution in [2.24, 2.45) is 0 Å². The van der Waals surface area contributed by atoms with Crippen LogP contribution in [0.2, 0.25) is 0 Å². The van der Waals surface area contributed by atoms with Gasteiger partial charge in [0.15, 0.2) is 0 Å². The first kappa shape index (κ1) is 91.1. The largest absolute Gasteiger partial charge is 1.00 e.